The van der Waals surface area contributed by atoms with Crippen LogP contribution in [-0.2, 0) is 4.74 Å². The Morgan fingerprint density at radius 3 is 2.30 bits per heavy atom. The molecule has 0 spiro atoms. The fourth-order valence-corrected chi connectivity index (χ4v) is 2.58. The fraction of sp³-hybridized carbons (Fsp3) is 0.111. The fourth-order valence-electron chi connectivity index (χ4n) is 2.58. The topological polar surface area (TPSA) is 65.7 Å². The van der Waals surface area contributed by atoms with E-state index in [0.717, 1.165) is 0 Å². The molecule has 116 valence electrons. The van der Waals surface area contributed by atoms with E-state index in [-0.39, 0.29) is 5.95 Å². The standard InChI is InChI=1S/C18H14O5/c1-21-16(19)13-9-5-3-7-11(13)15-12-8-4-6-10-14(12)18(22-2)23-17(15)20/h3-10H,1-2H3. The van der Waals surface area contributed by atoms with E-state index in [9.17, 15) is 9.59 Å². The number of hydrogen-bond donors (Lipinski definition) is 0. The van der Waals surface area contributed by atoms with Crippen molar-refractivity contribution in [3.63, 3.8) is 0 Å². The van der Waals surface area contributed by atoms with Crippen LogP contribution in [0.3, 0.4) is 0 Å². The SMILES string of the molecule is COC(=O)c1ccccc1-c1c(=O)oc(OC)c2ccccc12. The van der Waals surface area contributed by atoms with Crippen molar-refractivity contribution in [2.24, 2.45) is 0 Å². The molecule has 0 fully saturated rings. The summed E-state index contributed by atoms with van der Waals surface area (Å²) in [5, 5.41) is 1.31. The van der Waals surface area contributed by atoms with Crippen LogP contribution in [0.2, 0.25) is 0 Å². The molecular formula is C18H14O5. The molecule has 0 aliphatic rings. The van der Waals surface area contributed by atoms with Gasteiger partial charge in [0.15, 0.2) is 0 Å². The van der Waals surface area contributed by atoms with Crippen LogP contribution in [0.1, 0.15) is 10.4 Å². The molecule has 0 aliphatic heterocycles. The number of esters is 1. The Bertz CT molecular complexity index is 940. The molecule has 0 amide bonds. The smallest absolute Gasteiger partial charge is 0.347 e. The maximum atomic E-state index is 12.5. The van der Waals surface area contributed by atoms with E-state index in [1.54, 1.807) is 36.4 Å². The van der Waals surface area contributed by atoms with Crippen LogP contribution in [0, 0.1) is 0 Å². The van der Waals surface area contributed by atoms with Crippen molar-refractivity contribution < 1.29 is 18.7 Å². The number of carbonyl (C=O) groups is 1. The molecule has 1 heterocycles. The quantitative estimate of drug-likeness (QED) is 0.695. The lowest BCUT2D eigenvalue weighted by molar-refractivity contribution is 0.0601. The molecule has 0 bridgehead atoms. The minimum Gasteiger partial charge on any atom is -0.468 e. The van der Waals surface area contributed by atoms with Crippen LogP contribution in [0.15, 0.2) is 57.7 Å². The molecule has 5 heteroatoms. The van der Waals surface area contributed by atoms with Crippen LogP contribution in [-0.4, -0.2) is 20.2 Å². The third kappa shape index (κ3) is 2.46. The number of benzene rings is 2. The van der Waals surface area contributed by atoms with E-state index in [1.165, 1.54) is 14.2 Å². The Morgan fingerprint density at radius 1 is 0.957 bits per heavy atom. The highest BCUT2D eigenvalue weighted by Gasteiger charge is 2.20. The summed E-state index contributed by atoms with van der Waals surface area (Å²) in [6.07, 6.45) is 0. The van der Waals surface area contributed by atoms with Gasteiger partial charge < -0.3 is 13.9 Å². The van der Waals surface area contributed by atoms with Crippen molar-refractivity contribution in [2.75, 3.05) is 14.2 Å². The van der Waals surface area contributed by atoms with Gasteiger partial charge in [0, 0.05) is 10.9 Å². The van der Waals surface area contributed by atoms with Crippen LogP contribution in [0.25, 0.3) is 21.9 Å². The molecule has 5 nitrogen and oxygen atoms in total. The van der Waals surface area contributed by atoms with Crippen LogP contribution < -0.4 is 10.4 Å². The molecule has 2 aromatic carbocycles. The van der Waals surface area contributed by atoms with Crippen molar-refractivity contribution in [2.45, 2.75) is 0 Å². The highest BCUT2D eigenvalue weighted by Crippen LogP contribution is 2.33. The highest BCUT2D eigenvalue weighted by atomic mass is 16.6. The van der Waals surface area contributed by atoms with E-state index in [2.05, 4.69) is 0 Å². The van der Waals surface area contributed by atoms with Crippen molar-refractivity contribution in [3.8, 4) is 17.1 Å². The molecule has 0 aliphatic carbocycles. The van der Waals surface area contributed by atoms with Crippen LogP contribution in [0.5, 0.6) is 5.95 Å². The normalized spacial score (nSPS) is 10.5. The lowest BCUT2D eigenvalue weighted by atomic mass is 9.97. The maximum absolute atomic E-state index is 12.5. The van der Waals surface area contributed by atoms with Crippen LogP contribution >= 0.6 is 0 Å². The molecule has 3 aromatic rings. The zero-order valence-corrected chi connectivity index (χ0v) is 12.7. The second-order valence-electron chi connectivity index (χ2n) is 4.84. The first kappa shape index (κ1) is 14.8. The molecule has 0 saturated carbocycles. The first-order valence-electron chi connectivity index (χ1n) is 6.95. The summed E-state index contributed by atoms with van der Waals surface area (Å²) in [4.78, 5) is 24.5. The number of ether oxygens (including phenoxy) is 2. The van der Waals surface area contributed by atoms with Gasteiger partial charge in [0.05, 0.1) is 30.7 Å². The number of hydrogen-bond acceptors (Lipinski definition) is 5. The van der Waals surface area contributed by atoms with Gasteiger partial charge in [0.25, 0.3) is 5.95 Å². The number of fused-ring (bicyclic) bond motifs is 1. The molecule has 1 aromatic heterocycles. The Hall–Kier alpha value is -3.08. The van der Waals surface area contributed by atoms with E-state index >= 15 is 0 Å². The van der Waals surface area contributed by atoms with Crippen molar-refractivity contribution in [1.82, 2.24) is 0 Å². The van der Waals surface area contributed by atoms with E-state index in [0.29, 0.717) is 27.5 Å². The summed E-state index contributed by atoms with van der Waals surface area (Å²) in [5.74, 6) is -0.371. The van der Waals surface area contributed by atoms with Crippen molar-refractivity contribution >= 4 is 16.7 Å². The Kier molecular flexibility index (Phi) is 3.85. The van der Waals surface area contributed by atoms with Gasteiger partial charge in [-0.15, -0.1) is 0 Å². The van der Waals surface area contributed by atoms with Gasteiger partial charge in [-0.1, -0.05) is 36.4 Å². The summed E-state index contributed by atoms with van der Waals surface area (Å²) < 4.78 is 15.2. The zero-order chi connectivity index (χ0) is 16.4. The molecule has 0 unspecified atom stereocenters. The third-order valence-corrected chi connectivity index (χ3v) is 3.59. The second kappa shape index (κ2) is 5.96. The van der Waals surface area contributed by atoms with Gasteiger partial charge in [-0.05, 0) is 12.1 Å². The Balaban J connectivity index is 2.41. The van der Waals surface area contributed by atoms with Gasteiger partial charge in [0.2, 0.25) is 0 Å². The molecule has 0 atom stereocenters. The van der Waals surface area contributed by atoms with E-state index < -0.39 is 11.6 Å². The average Bonchev–Trinajstić information content (AvgIpc) is 2.60. The number of methoxy groups -OCH3 is 2. The lowest BCUT2D eigenvalue weighted by Gasteiger charge is -2.11. The molecule has 0 radical (unpaired) electrons. The Morgan fingerprint density at radius 2 is 1.61 bits per heavy atom. The predicted molar refractivity (Wildman–Crippen MR) is 85.8 cm³/mol. The minimum atomic E-state index is -0.572. The molecule has 0 N–H and O–H groups in total. The number of rotatable bonds is 3. The lowest BCUT2D eigenvalue weighted by Crippen LogP contribution is -2.10. The number of carbonyl (C=O) groups excluding carboxylic acids is 1. The van der Waals surface area contributed by atoms with E-state index in [4.69, 9.17) is 13.9 Å². The largest absolute Gasteiger partial charge is 0.468 e. The summed E-state index contributed by atoms with van der Waals surface area (Å²) in [6.45, 7) is 0. The summed E-state index contributed by atoms with van der Waals surface area (Å²) in [5.41, 5.74) is 0.504. The van der Waals surface area contributed by atoms with Gasteiger partial charge in [-0.25, -0.2) is 9.59 Å². The van der Waals surface area contributed by atoms with Gasteiger partial charge in [0.1, 0.15) is 0 Å². The first-order valence-corrected chi connectivity index (χ1v) is 6.95. The minimum absolute atomic E-state index is 0.143. The monoisotopic (exact) mass is 310 g/mol. The molecule has 23 heavy (non-hydrogen) atoms. The maximum Gasteiger partial charge on any atom is 0.347 e. The van der Waals surface area contributed by atoms with Gasteiger partial charge in [-0.2, -0.15) is 0 Å². The second-order valence-corrected chi connectivity index (χ2v) is 4.84. The summed E-state index contributed by atoms with van der Waals surface area (Å²) >= 11 is 0. The van der Waals surface area contributed by atoms with Crippen LogP contribution in [0.4, 0.5) is 0 Å². The Labute approximate surface area is 132 Å². The third-order valence-electron chi connectivity index (χ3n) is 3.59. The molecule has 3 rings (SSSR count). The van der Waals surface area contributed by atoms with Crippen molar-refractivity contribution in [1.29, 1.82) is 0 Å². The van der Waals surface area contributed by atoms with Gasteiger partial charge in [-0.3, -0.25) is 0 Å². The summed E-state index contributed by atoms with van der Waals surface area (Å²) in [6, 6.07) is 14.0. The molecule has 0 saturated heterocycles. The van der Waals surface area contributed by atoms with E-state index in [1.807, 2.05) is 12.1 Å². The predicted octanol–water partition coefficient (Wildman–Crippen LogP) is 3.26. The highest BCUT2D eigenvalue weighted by molar-refractivity contribution is 6.04. The van der Waals surface area contributed by atoms with Crippen molar-refractivity contribution in [3.05, 3.63) is 64.5 Å². The zero-order valence-electron chi connectivity index (χ0n) is 12.7. The average molecular weight is 310 g/mol. The first-order chi connectivity index (χ1) is 11.2. The molecular weight excluding hydrogens is 296 g/mol. The summed E-state index contributed by atoms with van der Waals surface area (Å²) in [7, 11) is 2.74. The van der Waals surface area contributed by atoms with Gasteiger partial charge >= 0.3 is 11.6 Å².